The lowest BCUT2D eigenvalue weighted by Gasteiger charge is -2.19. The number of halogens is 7. The zero-order chi connectivity index (χ0) is 23.5. The van der Waals surface area contributed by atoms with Crippen molar-refractivity contribution in [3.63, 3.8) is 0 Å². The molecule has 0 aliphatic rings. The third-order valence-corrected chi connectivity index (χ3v) is 5.78. The van der Waals surface area contributed by atoms with Crippen molar-refractivity contribution in [1.29, 1.82) is 0 Å². The molecule has 0 aliphatic heterocycles. The van der Waals surface area contributed by atoms with Crippen LogP contribution in [0, 0.1) is 0 Å². The highest BCUT2D eigenvalue weighted by Crippen LogP contribution is 2.39. The Morgan fingerprint density at radius 2 is 1.34 bits per heavy atom. The van der Waals surface area contributed by atoms with Gasteiger partial charge in [0.25, 0.3) is 0 Å². The van der Waals surface area contributed by atoms with Gasteiger partial charge in [-0.1, -0.05) is 41.9 Å². The lowest BCUT2D eigenvalue weighted by Crippen LogP contribution is -2.20. The van der Waals surface area contributed by atoms with Crippen molar-refractivity contribution in [2.45, 2.75) is 22.5 Å². The van der Waals surface area contributed by atoms with Gasteiger partial charge in [0.2, 0.25) is 5.91 Å². The molecule has 0 heterocycles. The maximum Gasteiger partial charge on any atom is 0.416 e. The molecule has 1 N–H and O–H groups in total. The van der Waals surface area contributed by atoms with Crippen molar-refractivity contribution < 1.29 is 31.1 Å². The lowest BCUT2D eigenvalue weighted by atomic mass is 10.1. The van der Waals surface area contributed by atoms with Gasteiger partial charge in [-0.3, -0.25) is 4.79 Å². The van der Waals surface area contributed by atoms with E-state index < -0.39 is 40.3 Å². The van der Waals surface area contributed by atoms with Crippen LogP contribution >= 0.6 is 23.4 Å². The topological polar surface area (TPSA) is 29.1 Å². The number of anilines is 1. The van der Waals surface area contributed by atoms with Gasteiger partial charge < -0.3 is 5.32 Å². The fraction of sp³-hybridized carbons (Fsp3) is 0.136. The van der Waals surface area contributed by atoms with Crippen LogP contribution in [0.4, 0.5) is 32.0 Å². The number of alkyl halides is 6. The van der Waals surface area contributed by atoms with E-state index in [4.69, 9.17) is 11.6 Å². The summed E-state index contributed by atoms with van der Waals surface area (Å²) in [6.45, 7) is 0. The number of rotatable bonds is 5. The van der Waals surface area contributed by atoms with Crippen LogP contribution in [0.5, 0.6) is 0 Å². The molecule has 0 bridgehead atoms. The average molecular weight is 490 g/mol. The van der Waals surface area contributed by atoms with Crippen LogP contribution in [0.25, 0.3) is 0 Å². The lowest BCUT2D eigenvalue weighted by molar-refractivity contribution is -0.143. The van der Waals surface area contributed by atoms with E-state index in [0.29, 0.717) is 27.6 Å². The molecule has 3 rings (SSSR count). The molecule has 1 amide bonds. The number of hydrogen-bond donors (Lipinski definition) is 1. The first-order valence-corrected chi connectivity index (χ1v) is 10.3. The minimum Gasteiger partial charge on any atom is -0.325 e. The van der Waals surface area contributed by atoms with Crippen LogP contribution in [0.3, 0.4) is 0 Å². The first-order chi connectivity index (χ1) is 14.9. The molecule has 0 aliphatic carbocycles. The fourth-order valence-corrected chi connectivity index (χ4v) is 3.94. The van der Waals surface area contributed by atoms with Crippen molar-refractivity contribution in [3.05, 3.63) is 94.5 Å². The number of amides is 1. The number of benzene rings is 3. The van der Waals surface area contributed by atoms with Gasteiger partial charge in [0.1, 0.15) is 5.25 Å². The van der Waals surface area contributed by atoms with Crippen molar-refractivity contribution in [3.8, 4) is 0 Å². The molecule has 10 heteroatoms. The largest absolute Gasteiger partial charge is 0.416 e. The molecule has 0 aromatic heterocycles. The second-order valence-corrected chi connectivity index (χ2v) is 8.26. The third-order valence-electron chi connectivity index (χ3n) is 4.26. The molecule has 3 aromatic carbocycles. The minimum atomic E-state index is -5.02. The summed E-state index contributed by atoms with van der Waals surface area (Å²) in [7, 11) is 0. The highest BCUT2D eigenvalue weighted by atomic mass is 35.5. The molecule has 0 radical (unpaired) electrons. The average Bonchev–Trinajstić information content (AvgIpc) is 2.72. The predicted octanol–water partition coefficient (Wildman–Crippen LogP) is 7.85. The Hall–Kier alpha value is -2.65. The quantitative estimate of drug-likeness (QED) is 0.292. The number of thioether (sulfide) groups is 1. The monoisotopic (exact) mass is 489 g/mol. The fourth-order valence-electron chi connectivity index (χ4n) is 2.78. The van der Waals surface area contributed by atoms with E-state index >= 15 is 0 Å². The van der Waals surface area contributed by atoms with E-state index in [1.165, 1.54) is 0 Å². The second kappa shape index (κ2) is 9.46. The minimum absolute atomic E-state index is 0.00674. The number of carbonyl (C=O) groups is 1. The van der Waals surface area contributed by atoms with Crippen LogP contribution in [0.15, 0.2) is 77.7 Å². The van der Waals surface area contributed by atoms with Gasteiger partial charge in [0.15, 0.2) is 0 Å². The zero-order valence-electron chi connectivity index (χ0n) is 16.0. The summed E-state index contributed by atoms with van der Waals surface area (Å²) < 4.78 is 78.7. The highest BCUT2D eigenvalue weighted by Gasteiger charge is 2.37. The predicted molar refractivity (Wildman–Crippen MR) is 112 cm³/mol. The van der Waals surface area contributed by atoms with Gasteiger partial charge in [0.05, 0.1) is 11.1 Å². The van der Waals surface area contributed by atoms with E-state index in [9.17, 15) is 31.1 Å². The van der Waals surface area contributed by atoms with Gasteiger partial charge >= 0.3 is 12.4 Å². The van der Waals surface area contributed by atoms with E-state index in [1.54, 1.807) is 54.6 Å². The molecular formula is C22H14ClF6NOS. The van der Waals surface area contributed by atoms with Crippen molar-refractivity contribution in [2.75, 3.05) is 5.32 Å². The molecule has 1 atom stereocenters. The molecule has 0 unspecified atom stereocenters. The standard InChI is InChI=1S/C22H14ClF6NOS/c23-16-6-8-18(9-7-16)32-19(13-4-2-1-3-5-13)20(31)30-17-11-14(21(24,25)26)10-15(12-17)22(27,28)29/h1-12,19H,(H,30,31)/t19-/m0/s1. The van der Waals surface area contributed by atoms with Crippen LogP contribution in [-0.4, -0.2) is 5.91 Å². The highest BCUT2D eigenvalue weighted by molar-refractivity contribution is 8.00. The smallest absolute Gasteiger partial charge is 0.325 e. The molecule has 3 aromatic rings. The first kappa shape index (κ1) is 24.0. The third kappa shape index (κ3) is 6.20. The van der Waals surface area contributed by atoms with E-state index in [1.807, 2.05) is 0 Å². The van der Waals surface area contributed by atoms with Crippen molar-refractivity contribution in [1.82, 2.24) is 0 Å². The normalized spacial score (nSPS) is 13.0. The van der Waals surface area contributed by atoms with E-state index in [0.717, 1.165) is 11.8 Å². The second-order valence-electron chi connectivity index (χ2n) is 6.65. The van der Waals surface area contributed by atoms with Crippen LogP contribution in [0.1, 0.15) is 21.9 Å². The molecule has 0 saturated carbocycles. The van der Waals surface area contributed by atoms with Crippen molar-refractivity contribution in [2.24, 2.45) is 0 Å². The molecule has 2 nitrogen and oxygen atoms in total. The maximum absolute atomic E-state index is 13.1. The molecule has 168 valence electrons. The summed E-state index contributed by atoms with van der Waals surface area (Å²) in [5, 5.41) is 1.74. The maximum atomic E-state index is 13.1. The van der Waals surface area contributed by atoms with Crippen LogP contribution in [-0.2, 0) is 17.1 Å². The molecule has 32 heavy (non-hydrogen) atoms. The summed E-state index contributed by atoms with van der Waals surface area (Å²) in [5.41, 5.74) is -3.10. The Labute approximate surface area is 188 Å². The SMILES string of the molecule is O=C(Nc1cc(C(F)(F)F)cc(C(F)(F)F)c1)[C@@H](Sc1ccc(Cl)cc1)c1ccccc1. The molecule has 0 saturated heterocycles. The Morgan fingerprint density at radius 3 is 1.84 bits per heavy atom. The molecule has 0 spiro atoms. The Morgan fingerprint density at radius 1 is 0.812 bits per heavy atom. The van der Waals surface area contributed by atoms with Gasteiger partial charge in [-0.05, 0) is 48.0 Å². The van der Waals surface area contributed by atoms with Gasteiger partial charge in [-0.25, -0.2) is 0 Å². The summed E-state index contributed by atoms with van der Waals surface area (Å²) >= 11 is 6.95. The number of hydrogen-bond acceptors (Lipinski definition) is 2. The molecular weight excluding hydrogens is 476 g/mol. The number of carbonyl (C=O) groups excluding carboxylic acids is 1. The summed E-state index contributed by atoms with van der Waals surface area (Å²) in [5.74, 6) is -0.774. The Kier molecular flexibility index (Phi) is 7.09. The van der Waals surface area contributed by atoms with Crippen LogP contribution in [0.2, 0.25) is 5.02 Å². The van der Waals surface area contributed by atoms with Crippen molar-refractivity contribution >= 4 is 35.0 Å². The summed E-state index contributed by atoms with van der Waals surface area (Å²) in [6, 6.07) is 15.8. The molecule has 0 fully saturated rings. The van der Waals surface area contributed by atoms with E-state index in [2.05, 4.69) is 5.32 Å². The van der Waals surface area contributed by atoms with Gasteiger partial charge in [-0.2, -0.15) is 26.3 Å². The van der Waals surface area contributed by atoms with Crippen LogP contribution < -0.4 is 5.32 Å². The number of nitrogens with one attached hydrogen (secondary N) is 1. The Bertz CT molecular complexity index is 1050. The zero-order valence-corrected chi connectivity index (χ0v) is 17.5. The van der Waals surface area contributed by atoms with Gasteiger partial charge in [-0.15, -0.1) is 11.8 Å². The first-order valence-electron chi connectivity index (χ1n) is 9.01. The van der Waals surface area contributed by atoms with E-state index in [-0.39, 0.29) is 6.07 Å². The Balaban J connectivity index is 1.96. The summed E-state index contributed by atoms with van der Waals surface area (Å²) in [6.07, 6.45) is -10.0. The van der Waals surface area contributed by atoms with Gasteiger partial charge in [0, 0.05) is 15.6 Å². The summed E-state index contributed by atoms with van der Waals surface area (Å²) in [4.78, 5) is 13.6.